The first-order chi connectivity index (χ1) is 12.6. The first-order valence-electron chi connectivity index (χ1n) is 9.14. The molecule has 2 saturated heterocycles. The largest absolute Gasteiger partial charge is 0.381 e. The van der Waals surface area contributed by atoms with Crippen LogP contribution in [0.3, 0.4) is 0 Å². The summed E-state index contributed by atoms with van der Waals surface area (Å²) in [5.41, 5.74) is 0.542. The van der Waals surface area contributed by atoms with Crippen molar-refractivity contribution in [3.05, 3.63) is 35.6 Å². The quantitative estimate of drug-likeness (QED) is 0.853. The molecule has 3 rings (SSSR count). The number of nitrogens with zero attached hydrogens (tertiary/aromatic N) is 2. The van der Waals surface area contributed by atoms with Crippen LogP contribution in [0, 0.1) is 5.82 Å². The van der Waals surface area contributed by atoms with Gasteiger partial charge in [-0.1, -0.05) is 18.2 Å². The van der Waals surface area contributed by atoms with Crippen molar-refractivity contribution >= 4 is 11.8 Å². The minimum Gasteiger partial charge on any atom is -0.381 e. The zero-order valence-electron chi connectivity index (χ0n) is 15.1. The number of benzene rings is 1. The number of halogens is 1. The molecule has 142 valence electrons. The molecule has 1 aromatic carbocycles. The van der Waals surface area contributed by atoms with Crippen LogP contribution in [-0.4, -0.2) is 67.0 Å². The van der Waals surface area contributed by atoms with Crippen LogP contribution in [0.2, 0.25) is 0 Å². The second kappa shape index (κ2) is 8.60. The maximum absolute atomic E-state index is 14.0. The number of likely N-dealkylation sites (tertiary alicyclic amines) is 1. The zero-order chi connectivity index (χ0) is 18.5. The molecule has 1 aromatic rings. The highest BCUT2D eigenvalue weighted by atomic mass is 19.1. The maximum atomic E-state index is 14.0. The van der Waals surface area contributed by atoms with Crippen LogP contribution in [0.1, 0.15) is 24.8 Å². The predicted octanol–water partition coefficient (Wildman–Crippen LogP) is 1.15. The smallest absolute Gasteiger partial charge is 0.237 e. The number of ether oxygens (including phenoxy) is 1. The van der Waals surface area contributed by atoms with Gasteiger partial charge in [0.15, 0.2) is 0 Å². The van der Waals surface area contributed by atoms with Gasteiger partial charge in [-0.2, -0.15) is 0 Å². The molecular formula is C19H26FN3O3. The van der Waals surface area contributed by atoms with Gasteiger partial charge in [0.1, 0.15) is 5.82 Å². The number of piperidine rings is 1. The van der Waals surface area contributed by atoms with Crippen LogP contribution in [0.15, 0.2) is 24.3 Å². The van der Waals surface area contributed by atoms with Crippen LogP contribution in [-0.2, 0) is 20.9 Å². The Balaban J connectivity index is 1.64. The van der Waals surface area contributed by atoms with Crippen LogP contribution < -0.4 is 5.32 Å². The summed E-state index contributed by atoms with van der Waals surface area (Å²) in [4.78, 5) is 28.7. The van der Waals surface area contributed by atoms with Crippen LogP contribution in [0.25, 0.3) is 0 Å². The fourth-order valence-corrected chi connectivity index (χ4v) is 3.65. The van der Waals surface area contributed by atoms with Gasteiger partial charge < -0.3 is 15.0 Å². The van der Waals surface area contributed by atoms with E-state index in [-0.39, 0.29) is 30.2 Å². The van der Waals surface area contributed by atoms with Gasteiger partial charge in [0.05, 0.1) is 18.6 Å². The molecule has 0 aromatic heterocycles. The molecule has 2 fully saturated rings. The van der Waals surface area contributed by atoms with E-state index in [1.807, 2.05) is 4.90 Å². The molecule has 2 aliphatic heterocycles. The number of carbonyl (C=O) groups is 2. The van der Waals surface area contributed by atoms with Crippen molar-refractivity contribution in [1.29, 1.82) is 0 Å². The summed E-state index contributed by atoms with van der Waals surface area (Å²) >= 11 is 0. The standard InChI is InChI=1S/C19H26FN3O3/c1-26-15-6-9-22(10-7-15)18(24)12-17-19(25)21-8-11-23(17)13-14-4-2-3-5-16(14)20/h2-5,15,17H,6-13H2,1H3,(H,21,25)/t17-/m1/s1. The number of hydrogen-bond donors (Lipinski definition) is 1. The van der Waals surface area contributed by atoms with Gasteiger partial charge in [0.25, 0.3) is 0 Å². The lowest BCUT2D eigenvalue weighted by Gasteiger charge is -2.37. The van der Waals surface area contributed by atoms with E-state index < -0.39 is 6.04 Å². The maximum Gasteiger partial charge on any atom is 0.237 e. The van der Waals surface area contributed by atoms with Crippen molar-refractivity contribution < 1.29 is 18.7 Å². The SMILES string of the molecule is COC1CCN(C(=O)C[C@@H]2C(=O)NCCN2Cc2ccccc2F)CC1. The van der Waals surface area contributed by atoms with Gasteiger partial charge in [-0.15, -0.1) is 0 Å². The summed E-state index contributed by atoms with van der Waals surface area (Å²) in [7, 11) is 1.69. The Labute approximate surface area is 153 Å². The number of rotatable bonds is 5. The van der Waals surface area contributed by atoms with E-state index in [1.165, 1.54) is 6.07 Å². The summed E-state index contributed by atoms with van der Waals surface area (Å²) in [6, 6.07) is 6.00. The number of methoxy groups -OCH3 is 1. The molecule has 0 spiro atoms. The van der Waals surface area contributed by atoms with E-state index in [0.29, 0.717) is 38.3 Å². The lowest BCUT2D eigenvalue weighted by atomic mass is 10.0. The normalized spacial score (nSPS) is 22.3. The molecule has 6 nitrogen and oxygen atoms in total. The Morgan fingerprint density at radius 1 is 1.27 bits per heavy atom. The molecule has 0 bridgehead atoms. The topological polar surface area (TPSA) is 61.9 Å². The summed E-state index contributed by atoms with van der Waals surface area (Å²) in [5.74, 6) is -0.474. The van der Waals surface area contributed by atoms with Gasteiger partial charge >= 0.3 is 0 Å². The molecule has 2 amide bonds. The number of amides is 2. The van der Waals surface area contributed by atoms with Crippen molar-refractivity contribution in [2.75, 3.05) is 33.3 Å². The van der Waals surface area contributed by atoms with E-state index in [0.717, 1.165) is 12.8 Å². The van der Waals surface area contributed by atoms with Crippen LogP contribution >= 0.6 is 0 Å². The van der Waals surface area contributed by atoms with Crippen molar-refractivity contribution in [3.63, 3.8) is 0 Å². The third-order valence-electron chi connectivity index (χ3n) is 5.27. The van der Waals surface area contributed by atoms with Crippen LogP contribution in [0.4, 0.5) is 4.39 Å². The summed E-state index contributed by atoms with van der Waals surface area (Å²) in [6.07, 6.45) is 1.96. The summed E-state index contributed by atoms with van der Waals surface area (Å²) in [6.45, 7) is 2.74. The average Bonchev–Trinajstić information content (AvgIpc) is 2.66. The lowest BCUT2D eigenvalue weighted by Crippen LogP contribution is -2.56. The number of carbonyl (C=O) groups excluding carboxylic acids is 2. The van der Waals surface area contributed by atoms with Crippen molar-refractivity contribution in [1.82, 2.24) is 15.1 Å². The Hall–Kier alpha value is -1.99. The monoisotopic (exact) mass is 363 g/mol. The van der Waals surface area contributed by atoms with E-state index in [9.17, 15) is 14.0 Å². The molecule has 26 heavy (non-hydrogen) atoms. The number of hydrogen-bond acceptors (Lipinski definition) is 4. The van der Waals surface area contributed by atoms with Gasteiger partial charge in [0, 0.05) is 45.4 Å². The Bertz CT molecular complexity index is 647. The number of nitrogens with one attached hydrogen (secondary N) is 1. The fourth-order valence-electron chi connectivity index (χ4n) is 3.65. The molecule has 0 radical (unpaired) electrons. The molecule has 2 heterocycles. The first-order valence-corrected chi connectivity index (χ1v) is 9.14. The van der Waals surface area contributed by atoms with Gasteiger partial charge in [-0.25, -0.2) is 4.39 Å². The third kappa shape index (κ3) is 4.40. The van der Waals surface area contributed by atoms with Crippen molar-refractivity contribution in [2.45, 2.75) is 38.0 Å². The lowest BCUT2D eigenvalue weighted by molar-refractivity contribution is -0.140. The minimum atomic E-state index is -0.559. The second-order valence-corrected chi connectivity index (χ2v) is 6.89. The third-order valence-corrected chi connectivity index (χ3v) is 5.27. The van der Waals surface area contributed by atoms with E-state index in [1.54, 1.807) is 30.2 Å². The Morgan fingerprint density at radius 3 is 2.69 bits per heavy atom. The van der Waals surface area contributed by atoms with E-state index >= 15 is 0 Å². The van der Waals surface area contributed by atoms with E-state index in [2.05, 4.69) is 5.32 Å². The Kier molecular flexibility index (Phi) is 6.21. The summed E-state index contributed by atoms with van der Waals surface area (Å²) < 4.78 is 19.3. The minimum absolute atomic E-state index is 0.0277. The first kappa shape index (κ1) is 18.8. The molecule has 2 aliphatic rings. The molecular weight excluding hydrogens is 337 g/mol. The molecule has 1 atom stereocenters. The summed E-state index contributed by atoms with van der Waals surface area (Å²) in [5, 5.41) is 2.82. The van der Waals surface area contributed by atoms with Gasteiger partial charge in [-0.3, -0.25) is 14.5 Å². The Morgan fingerprint density at radius 2 is 2.00 bits per heavy atom. The van der Waals surface area contributed by atoms with Crippen molar-refractivity contribution in [3.8, 4) is 0 Å². The molecule has 1 N–H and O–H groups in total. The highest BCUT2D eigenvalue weighted by Crippen LogP contribution is 2.19. The molecule has 0 unspecified atom stereocenters. The zero-order valence-corrected chi connectivity index (χ0v) is 15.1. The predicted molar refractivity (Wildman–Crippen MR) is 94.8 cm³/mol. The van der Waals surface area contributed by atoms with Gasteiger partial charge in [-0.05, 0) is 18.9 Å². The van der Waals surface area contributed by atoms with Crippen LogP contribution in [0.5, 0.6) is 0 Å². The van der Waals surface area contributed by atoms with Crippen molar-refractivity contribution in [2.24, 2.45) is 0 Å². The number of piperazine rings is 1. The highest BCUT2D eigenvalue weighted by Gasteiger charge is 2.34. The van der Waals surface area contributed by atoms with E-state index in [4.69, 9.17) is 4.74 Å². The highest BCUT2D eigenvalue weighted by molar-refractivity contribution is 5.88. The molecule has 0 saturated carbocycles. The molecule has 0 aliphatic carbocycles. The fraction of sp³-hybridized carbons (Fsp3) is 0.579. The molecule has 7 heteroatoms. The average molecular weight is 363 g/mol. The second-order valence-electron chi connectivity index (χ2n) is 6.89. The van der Waals surface area contributed by atoms with Gasteiger partial charge in [0.2, 0.25) is 11.8 Å².